The lowest BCUT2D eigenvalue weighted by molar-refractivity contribution is -0.122. The van der Waals surface area contributed by atoms with Crippen molar-refractivity contribution in [2.45, 2.75) is 70.7 Å². The van der Waals surface area contributed by atoms with Crippen LogP contribution in [0.3, 0.4) is 0 Å². The molecule has 4 rings (SSSR count). The first kappa shape index (κ1) is 25.4. The average molecular weight is 458 g/mol. The van der Waals surface area contributed by atoms with Gasteiger partial charge in [-0.05, 0) is 69.1 Å². The van der Waals surface area contributed by atoms with Gasteiger partial charge in [-0.3, -0.25) is 9.69 Å². The predicted molar refractivity (Wildman–Crippen MR) is 126 cm³/mol. The van der Waals surface area contributed by atoms with E-state index in [2.05, 4.69) is 36.2 Å². The minimum absolute atomic E-state index is 0. The SMILES string of the molecule is CC1CN(Cc2cccc(NC(=O)C3CC4CCCC(C3)C4N)c2)CC(C)O1.Cl.Cl. The average Bonchev–Trinajstić information content (AvgIpc) is 2.60. The van der Waals surface area contributed by atoms with Crippen LogP contribution >= 0.6 is 24.8 Å². The number of halogens is 2. The smallest absolute Gasteiger partial charge is 0.227 e. The predicted octanol–water partition coefficient (Wildman–Crippen LogP) is 4.23. The van der Waals surface area contributed by atoms with E-state index in [1.54, 1.807) is 0 Å². The fourth-order valence-electron chi connectivity index (χ4n) is 5.67. The number of carbonyl (C=O) groups excluding carboxylic acids is 1. The fraction of sp³-hybridized carbons (Fsp3) is 0.696. The minimum atomic E-state index is 0. The van der Waals surface area contributed by atoms with E-state index in [9.17, 15) is 4.79 Å². The van der Waals surface area contributed by atoms with Gasteiger partial charge in [0.25, 0.3) is 0 Å². The van der Waals surface area contributed by atoms with Crippen LogP contribution in [0.4, 0.5) is 5.69 Å². The molecule has 0 spiro atoms. The Bertz CT molecular complexity index is 681. The summed E-state index contributed by atoms with van der Waals surface area (Å²) in [6, 6.07) is 8.62. The second-order valence-electron chi connectivity index (χ2n) is 9.34. The fourth-order valence-corrected chi connectivity index (χ4v) is 5.67. The van der Waals surface area contributed by atoms with Gasteiger partial charge in [0.1, 0.15) is 0 Å². The molecule has 2 saturated carbocycles. The first-order chi connectivity index (χ1) is 13.5. The quantitative estimate of drug-likeness (QED) is 0.709. The second kappa shape index (κ2) is 11.1. The van der Waals surface area contributed by atoms with Crippen LogP contribution in [0.5, 0.6) is 0 Å². The minimum Gasteiger partial charge on any atom is -0.373 e. The molecule has 0 radical (unpaired) electrons. The van der Waals surface area contributed by atoms with Gasteiger partial charge in [0, 0.05) is 37.3 Å². The van der Waals surface area contributed by atoms with Crippen LogP contribution in [0.25, 0.3) is 0 Å². The molecule has 3 fully saturated rings. The number of nitrogens with one attached hydrogen (secondary N) is 1. The van der Waals surface area contributed by atoms with Crippen molar-refractivity contribution in [1.29, 1.82) is 0 Å². The molecule has 4 unspecified atom stereocenters. The molecule has 1 aromatic rings. The number of rotatable bonds is 4. The molecule has 1 amide bonds. The van der Waals surface area contributed by atoms with Gasteiger partial charge < -0.3 is 15.8 Å². The number of anilines is 1. The standard InChI is InChI=1S/C23H35N3O2.2ClH/c1-15-12-26(13-16(2)28-15)14-17-5-3-8-21(9-17)25-23(27)20-10-18-6-4-7-19(11-20)22(18)24;;/h3,5,8-9,15-16,18-20,22H,4,6-7,10-14,24H2,1-2H3,(H,25,27);2*1H. The molecular weight excluding hydrogens is 421 g/mol. The summed E-state index contributed by atoms with van der Waals surface area (Å²) in [4.78, 5) is 15.3. The number of hydrogen-bond donors (Lipinski definition) is 2. The summed E-state index contributed by atoms with van der Waals surface area (Å²) in [6.45, 7) is 7.05. The maximum Gasteiger partial charge on any atom is 0.227 e. The Labute approximate surface area is 193 Å². The van der Waals surface area contributed by atoms with Gasteiger partial charge in [0.2, 0.25) is 5.91 Å². The van der Waals surface area contributed by atoms with Gasteiger partial charge in [-0.15, -0.1) is 24.8 Å². The molecule has 1 aromatic carbocycles. The summed E-state index contributed by atoms with van der Waals surface area (Å²) >= 11 is 0. The van der Waals surface area contributed by atoms with Gasteiger partial charge in [-0.1, -0.05) is 18.6 Å². The highest BCUT2D eigenvalue weighted by Gasteiger charge is 2.40. The third kappa shape index (κ3) is 6.10. The molecule has 3 N–H and O–H groups in total. The third-order valence-electron chi connectivity index (χ3n) is 6.88. The van der Waals surface area contributed by atoms with E-state index in [1.807, 2.05) is 12.1 Å². The summed E-state index contributed by atoms with van der Waals surface area (Å²) in [5.74, 6) is 1.34. The largest absolute Gasteiger partial charge is 0.373 e. The van der Waals surface area contributed by atoms with Gasteiger partial charge in [0.05, 0.1) is 12.2 Å². The Kier molecular flexibility index (Phi) is 9.44. The lowest BCUT2D eigenvalue weighted by Gasteiger charge is -2.43. The van der Waals surface area contributed by atoms with Gasteiger partial charge in [-0.25, -0.2) is 0 Å². The number of amides is 1. The summed E-state index contributed by atoms with van der Waals surface area (Å²) in [6.07, 6.45) is 6.09. The zero-order valence-corrected chi connectivity index (χ0v) is 19.7. The van der Waals surface area contributed by atoms with Crippen molar-refractivity contribution in [3.05, 3.63) is 29.8 Å². The lowest BCUT2D eigenvalue weighted by Crippen LogP contribution is -2.48. The van der Waals surface area contributed by atoms with Crippen LogP contribution in [-0.4, -0.2) is 42.1 Å². The van der Waals surface area contributed by atoms with Gasteiger partial charge in [0.15, 0.2) is 0 Å². The molecule has 7 heteroatoms. The monoisotopic (exact) mass is 457 g/mol. The van der Waals surface area contributed by atoms with Crippen LogP contribution in [-0.2, 0) is 16.1 Å². The highest BCUT2D eigenvalue weighted by Crippen LogP contribution is 2.42. The molecule has 5 nitrogen and oxygen atoms in total. The van der Waals surface area contributed by atoms with E-state index < -0.39 is 0 Å². The summed E-state index contributed by atoms with van der Waals surface area (Å²) in [5.41, 5.74) is 8.53. The van der Waals surface area contributed by atoms with Crippen molar-refractivity contribution in [2.24, 2.45) is 23.5 Å². The molecule has 1 heterocycles. The molecule has 1 aliphatic heterocycles. The van der Waals surface area contributed by atoms with Crippen molar-refractivity contribution < 1.29 is 9.53 Å². The highest BCUT2D eigenvalue weighted by atomic mass is 35.5. The number of nitrogens with two attached hydrogens (primary N) is 1. The highest BCUT2D eigenvalue weighted by molar-refractivity contribution is 5.92. The van der Waals surface area contributed by atoms with E-state index in [1.165, 1.54) is 24.8 Å². The zero-order chi connectivity index (χ0) is 19.7. The summed E-state index contributed by atoms with van der Waals surface area (Å²) in [7, 11) is 0. The molecule has 1 saturated heterocycles. The van der Waals surface area contributed by atoms with Crippen LogP contribution in [0.15, 0.2) is 24.3 Å². The molecule has 30 heavy (non-hydrogen) atoms. The topological polar surface area (TPSA) is 67.6 Å². The molecular formula is C23H37Cl2N3O2. The van der Waals surface area contributed by atoms with Crippen molar-refractivity contribution in [3.8, 4) is 0 Å². The van der Waals surface area contributed by atoms with Crippen LogP contribution in [0.2, 0.25) is 0 Å². The Hall–Kier alpha value is -0.850. The van der Waals surface area contributed by atoms with Gasteiger partial charge in [-0.2, -0.15) is 0 Å². The number of morpholine rings is 1. The Morgan fingerprint density at radius 2 is 1.77 bits per heavy atom. The molecule has 2 aliphatic carbocycles. The van der Waals surface area contributed by atoms with Crippen LogP contribution in [0, 0.1) is 17.8 Å². The summed E-state index contributed by atoms with van der Waals surface area (Å²) < 4.78 is 5.83. The van der Waals surface area contributed by atoms with E-state index in [-0.39, 0.29) is 48.8 Å². The number of nitrogens with zero attached hydrogens (tertiary/aromatic N) is 1. The second-order valence-corrected chi connectivity index (χ2v) is 9.34. The number of hydrogen-bond acceptors (Lipinski definition) is 4. The van der Waals surface area contributed by atoms with E-state index >= 15 is 0 Å². The number of ether oxygens (including phenoxy) is 1. The first-order valence-electron chi connectivity index (χ1n) is 11.0. The summed E-state index contributed by atoms with van der Waals surface area (Å²) in [5, 5.41) is 3.19. The Morgan fingerprint density at radius 1 is 1.13 bits per heavy atom. The Morgan fingerprint density at radius 3 is 2.40 bits per heavy atom. The van der Waals surface area contributed by atoms with Crippen LogP contribution in [0.1, 0.15) is 51.5 Å². The first-order valence-corrected chi connectivity index (χ1v) is 11.0. The maximum absolute atomic E-state index is 12.9. The van der Waals surface area contributed by atoms with Crippen molar-refractivity contribution in [1.82, 2.24) is 4.90 Å². The van der Waals surface area contributed by atoms with Crippen molar-refractivity contribution >= 4 is 36.4 Å². The number of benzene rings is 1. The van der Waals surface area contributed by atoms with Crippen molar-refractivity contribution in [3.63, 3.8) is 0 Å². The molecule has 3 aliphatic rings. The number of fused-ring (bicyclic) bond motifs is 2. The van der Waals surface area contributed by atoms with E-state index in [0.717, 1.165) is 38.2 Å². The van der Waals surface area contributed by atoms with E-state index in [4.69, 9.17) is 10.5 Å². The molecule has 2 bridgehead atoms. The Balaban J connectivity index is 0.00000160. The number of carbonyl (C=O) groups is 1. The maximum atomic E-state index is 12.9. The third-order valence-corrected chi connectivity index (χ3v) is 6.88. The molecule has 170 valence electrons. The van der Waals surface area contributed by atoms with Gasteiger partial charge >= 0.3 is 0 Å². The lowest BCUT2D eigenvalue weighted by atomic mass is 9.65. The van der Waals surface area contributed by atoms with Crippen molar-refractivity contribution in [2.75, 3.05) is 18.4 Å². The van der Waals surface area contributed by atoms with Crippen LogP contribution < -0.4 is 11.1 Å². The normalized spacial score (nSPS) is 33.7. The van der Waals surface area contributed by atoms with E-state index in [0.29, 0.717) is 17.9 Å². The molecule has 0 aromatic heterocycles. The molecule has 4 atom stereocenters. The zero-order valence-electron chi connectivity index (χ0n) is 18.1.